The fourth-order valence-electron chi connectivity index (χ4n) is 5.34. The number of hydrogen-bond donors (Lipinski definition) is 0. The molecular weight excluding hydrogens is 274 g/mol. The quantitative estimate of drug-likeness (QED) is 0.797. The van der Waals surface area contributed by atoms with Gasteiger partial charge in [0.05, 0.1) is 17.0 Å². The maximum Gasteiger partial charge on any atom is 0.312 e. The minimum absolute atomic E-state index is 0.0240. The summed E-state index contributed by atoms with van der Waals surface area (Å²) < 4.78 is 5.66. The molecule has 22 heavy (non-hydrogen) atoms. The molecule has 0 amide bonds. The first-order valence-electron chi connectivity index (χ1n) is 8.33. The minimum atomic E-state index is -0.179. The number of carbonyl (C=O) groups is 1. The van der Waals surface area contributed by atoms with Crippen LogP contribution in [0.25, 0.3) is 0 Å². The summed E-state index contributed by atoms with van der Waals surface area (Å²) in [4.78, 5) is 12.7. The van der Waals surface area contributed by atoms with E-state index in [9.17, 15) is 4.79 Å². The van der Waals surface area contributed by atoms with Crippen molar-refractivity contribution < 1.29 is 9.53 Å². The van der Waals surface area contributed by atoms with E-state index in [1.165, 1.54) is 19.3 Å². The van der Waals surface area contributed by atoms with Crippen molar-refractivity contribution in [2.45, 2.75) is 45.1 Å². The van der Waals surface area contributed by atoms with Crippen molar-refractivity contribution in [2.24, 2.45) is 23.2 Å². The molecule has 1 aromatic rings. The normalized spacial score (nSPS) is 35.1. The second-order valence-corrected chi connectivity index (χ2v) is 7.58. The molecule has 0 N–H and O–H groups in total. The monoisotopic (exact) mass is 295 g/mol. The molecule has 4 aliphatic rings. The summed E-state index contributed by atoms with van der Waals surface area (Å²) in [7, 11) is 0. The first-order valence-corrected chi connectivity index (χ1v) is 8.33. The van der Waals surface area contributed by atoms with Crippen LogP contribution in [0.15, 0.2) is 24.3 Å². The topological polar surface area (TPSA) is 50.1 Å². The molecule has 1 aromatic carbocycles. The molecule has 114 valence electrons. The molecule has 4 bridgehead atoms. The van der Waals surface area contributed by atoms with Gasteiger partial charge in [-0.3, -0.25) is 4.79 Å². The highest BCUT2D eigenvalue weighted by molar-refractivity contribution is 5.77. The molecule has 4 aliphatic carbocycles. The zero-order valence-electron chi connectivity index (χ0n) is 12.8. The third kappa shape index (κ3) is 2.31. The van der Waals surface area contributed by atoms with Gasteiger partial charge in [0.15, 0.2) is 0 Å². The van der Waals surface area contributed by atoms with E-state index in [1.54, 1.807) is 12.1 Å². The van der Waals surface area contributed by atoms with Crippen LogP contribution in [0, 0.1) is 34.5 Å². The molecule has 0 aromatic heterocycles. The molecule has 5 rings (SSSR count). The third-order valence-corrected chi connectivity index (χ3v) is 5.92. The van der Waals surface area contributed by atoms with Crippen molar-refractivity contribution in [1.29, 1.82) is 5.26 Å². The minimum Gasteiger partial charge on any atom is -0.460 e. The Morgan fingerprint density at radius 1 is 1.09 bits per heavy atom. The molecular formula is C19H21NO2. The molecule has 3 nitrogen and oxygen atoms in total. The Morgan fingerprint density at radius 2 is 1.64 bits per heavy atom. The van der Waals surface area contributed by atoms with Gasteiger partial charge in [0, 0.05) is 0 Å². The predicted molar refractivity (Wildman–Crippen MR) is 81.6 cm³/mol. The van der Waals surface area contributed by atoms with Crippen LogP contribution in [0.4, 0.5) is 0 Å². The molecule has 0 heterocycles. The van der Waals surface area contributed by atoms with Crippen molar-refractivity contribution >= 4 is 5.97 Å². The van der Waals surface area contributed by atoms with Gasteiger partial charge >= 0.3 is 5.97 Å². The van der Waals surface area contributed by atoms with E-state index in [0.29, 0.717) is 12.2 Å². The summed E-state index contributed by atoms with van der Waals surface area (Å²) in [6, 6.07) is 9.38. The second kappa shape index (κ2) is 5.12. The lowest BCUT2D eigenvalue weighted by atomic mass is 9.49. The maximum absolute atomic E-state index is 12.7. The summed E-state index contributed by atoms with van der Waals surface area (Å²) in [5.41, 5.74) is 1.41. The number of nitrogens with zero attached hydrogens (tertiary/aromatic N) is 1. The largest absolute Gasteiger partial charge is 0.460 e. The van der Waals surface area contributed by atoms with E-state index < -0.39 is 0 Å². The Labute approximate surface area is 131 Å². The van der Waals surface area contributed by atoms with E-state index in [1.807, 2.05) is 12.1 Å². The molecule has 0 spiro atoms. The van der Waals surface area contributed by atoms with E-state index in [2.05, 4.69) is 6.07 Å². The molecule has 4 fully saturated rings. The summed E-state index contributed by atoms with van der Waals surface area (Å²) in [5.74, 6) is 2.30. The Morgan fingerprint density at radius 3 is 2.14 bits per heavy atom. The lowest BCUT2D eigenvalue weighted by Crippen LogP contribution is -2.50. The number of hydrogen-bond acceptors (Lipinski definition) is 3. The number of rotatable bonds is 3. The Kier molecular flexibility index (Phi) is 3.22. The Hall–Kier alpha value is -1.82. The summed E-state index contributed by atoms with van der Waals surface area (Å²) >= 11 is 0. The van der Waals surface area contributed by atoms with Crippen molar-refractivity contribution in [3.05, 3.63) is 35.4 Å². The molecule has 0 radical (unpaired) electrons. The zero-order valence-corrected chi connectivity index (χ0v) is 12.8. The molecule has 3 heteroatoms. The van der Waals surface area contributed by atoms with Gasteiger partial charge < -0.3 is 4.74 Å². The van der Waals surface area contributed by atoms with Crippen LogP contribution < -0.4 is 0 Å². The smallest absolute Gasteiger partial charge is 0.312 e. The van der Waals surface area contributed by atoms with Gasteiger partial charge in [-0.15, -0.1) is 0 Å². The van der Waals surface area contributed by atoms with Crippen molar-refractivity contribution in [3.63, 3.8) is 0 Å². The number of nitriles is 1. The van der Waals surface area contributed by atoms with E-state index >= 15 is 0 Å². The number of carbonyl (C=O) groups excluding carboxylic acids is 1. The second-order valence-electron chi connectivity index (χ2n) is 7.58. The van der Waals surface area contributed by atoms with Crippen LogP contribution in [0.5, 0.6) is 0 Å². The average molecular weight is 295 g/mol. The average Bonchev–Trinajstić information content (AvgIpc) is 2.51. The maximum atomic E-state index is 12.7. The van der Waals surface area contributed by atoms with Gasteiger partial charge in [0.1, 0.15) is 6.61 Å². The Balaban J connectivity index is 1.43. The Bertz CT molecular complexity index is 591. The van der Waals surface area contributed by atoms with Crippen molar-refractivity contribution in [2.75, 3.05) is 0 Å². The van der Waals surface area contributed by atoms with Crippen LogP contribution in [0.1, 0.15) is 49.7 Å². The van der Waals surface area contributed by atoms with Gasteiger partial charge in [0.25, 0.3) is 0 Å². The predicted octanol–water partition coefficient (Wildman–Crippen LogP) is 3.82. The van der Waals surface area contributed by atoms with E-state index in [4.69, 9.17) is 10.00 Å². The number of esters is 1. The standard InChI is InChI=1S/C19H21NO2/c20-11-13-1-3-14(4-2-13)12-22-18(21)19-8-15-5-16(9-19)7-17(6-15)10-19/h1-4,15-17H,5-10,12H2. The van der Waals surface area contributed by atoms with Crippen molar-refractivity contribution in [3.8, 4) is 6.07 Å². The van der Waals surface area contributed by atoms with Crippen LogP contribution in [0.3, 0.4) is 0 Å². The highest BCUT2D eigenvalue weighted by atomic mass is 16.5. The first-order chi connectivity index (χ1) is 10.7. The van der Waals surface area contributed by atoms with Gasteiger partial charge in [-0.05, 0) is 74.0 Å². The molecule has 4 saturated carbocycles. The van der Waals surface area contributed by atoms with Crippen molar-refractivity contribution in [1.82, 2.24) is 0 Å². The van der Waals surface area contributed by atoms with E-state index in [-0.39, 0.29) is 11.4 Å². The lowest BCUT2D eigenvalue weighted by molar-refractivity contribution is -0.172. The number of benzene rings is 1. The van der Waals surface area contributed by atoms with Gasteiger partial charge in [-0.25, -0.2) is 0 Å². The van der Waals surface area contributed by atoms with Crippen LogP contribution in [0.2, 0.25) is 0 Å². The van der Waals surface area contributed by atoms with Crippen LogP contribution >= 0.6 is 0 Å². The molecule has 0 saturated heterocycles. The zero-order chi connectivity index (χ0) is 15.2. The lowest BCUT2D eigenvalue weighted by Gasteiger charge is -2.55. The third-order valence-electron chi connectivity index (χ3n) is 5.92. The number of ether oxygens (including phenoxy) is 1. The molecule has 0 atom stereocenters. The first kappa shape index (κ1) is 13.8. The van der Waals surface area contributed by atoms with E-state index in [0.717, 1.165) is 42.6 Å². The summed E-state index contributed by atoms with van der Waals surface area (Å²) in [6.45, 7) is 0.326. The molecule has 0 unspecified atom stereocenters. The van der Waals surface area contributed by atoms with Gasteiger partial charge in [-0.1, -0.05) is 12.1 Å². The van der Waals surface area contributed by atoms with Crippen LogP contribution in [-0.2, 0) is 16.1 Å². The van der Waals surface area contributed by atoms with Gasteiger partial charge in [-0.2, -0.15) is 5.26 Å². The molecule has 0 aliphatic heterocycles. The highest BCUT2D eigenvalue weighted by Gasteiger charge is 2.55. The van der Waals surface area contributed by atoms with Crippen LogP contribution in [-0.4, -0.2) is 5.97 Å². The summed E-state index contributed by atoms with van der Waals surface area (Å²) in [5, 5.41) is 8.81. The SMILES string of the molecule is N#Cc1ccc(COC(=O)C23CC4CC(CC(C4)C2)C3)cc1. The highest BCUT2D eigenvalue weighted by Crippen LogP contribution is 2.60. The summed E-state index contributed by atoms with van der Waals surface area (Å²) in [6.07, 6.45) is 7.15. The fourth-order valence-corrected chi connectivity index (χ4v) is 5.34. The van der Waals surface area contributed by atoms with Gasteiger partial charge in [0.2, 0.25) is 0 Å². The fraction of sp³-hybridized carbons (Fsp3) is 0.579.